The largest absolute Gasteiger partial charge is 0.471 e. The summed E-state index contributed by atoms with van der Waals surface area (Å²) in [6, 6.07) is 0. The van der Waals surface area contributed by atoms with Gasteiger partial charge in [-0.15, -0.1) is 13.2 Å². The minimum atomic E-state index is -4.76. The molecule has 0 saturated carbocycles. The summed E-state index contributed by atoms with van der Waals surface area (Å²) in [7, 11) is 1.16. The molecule has 0 N–H and O–H groups in total. The molecule has 0 aliphatic carbocycles. The van der Waals surface area contributed by atoms with Crippen LogP contribution in [0.15, 0.2) is 25.3 Å². The van der Waals surface area contributed by atoms with Crippen LogP contribution in [0.2, 0.25) is 0 Å². The molecule has 0 saturated heterocycles. The molecule has 0 fully saturated rings. The molecule has 0 radical (unpaired) electrons. The van der Waals surface area contributed by atoms with Crippen molar-refractivity contribution in [3.05, 3.63) is 25.3 Å². The van der Waals surface area contributed by atoms with Crippen LogP contribution in [0.1, 0.15) is 52.4 Å². The SMILES string of the molecule is C=CCCCCBr.C=CCCCCN(C)C(=O)C(F)(F)F.CC. The Morgan fingerprint density at radius 2 is 1.48 bits per heavy atom. The van der Waals surface area contributed by atoms with Gasteiger partial charge in [0, 0.05) is 18.9 Å². The van der Waals surface area contributed by atoms with E-state index in [1.54, 1.807) is 6.08 Å². The van der Waals surface area contributed by atoms with Gasteiger partial charge in [-0.1, -0.05) is 41.9 Å². The summed E-state index contributed by atoms with van der Waals surface area (Å²) in [4.78, 5) is 11.3. The van der Waals surface area contributed by atoms with Crippen LogP contribution >= 0.6 is 15.9 Å². The maximum Gasteiger partial charge on any atom is 0.471 e. The molecule has 138 valence electrons. The number of unbranched alkanes of at least 4 members (excludes halogenated alkanes) is 4. The molecule has 0 aromatic rings. The van der Waals surface area contributed by atoms with Gasteiger partial charge in [-0.2, -0.15) is 13.2 Å². The molecule has 23 heavy (non-hydrogen) atoms. The maximum atomic E-state index is 11.9. The third-order valence-electron chi connectivity index (χ3n) is 2.53. The number of nitrogens with zero attached hydrogens (tertiary/aromatic N) is 1. The predicted octanol–water partition coefficient (Wildman–Crippen LogP) is 6.13. The number of carbonyl (C=O) groups excluding carboxylic acids is 1. The number of hydrogen-bond acceptors (Lipinski definition) is 1. The Morgan fingerprint density at radius 3 is 1.83 bits per heavy atom. The Labute approximate surface area is 147 Å². The summed E-state index contributed by atoms with van der Waals surface area (Å²) in [6.07, 6.45) is 4.67. The van der Waals surface area contributed by atoms with Gasteiger partial charge >= 0.3 is 12.1 Å². The summed E-state index contributed by atoms with van der Waals surface area (Å²) in [6.45, 7) is 11.2. The van der Waals surface area contributed by atoms with E-state index in [2.05, 4.69) is 29.1 Å². The highest BCUT2D eigenvalue weighted by atomic mass is 79.9. The summed E-state index contributed by atoms with van der Waals surface area (Å²) in [5.41, 5.74) is 0. The van der Waals surface area contributed by atoms with Crippen molar-refractivity contribution >= 4 is 21.8 Å². The average molecular weight is 402 g/mol. The molecule has 0 rings (SSSR count). The average Bonchev–Trinajstić information content (AvgIpc) is 2.53. The highest BCUT2D eigenvalue weighted by Crippen LogP contribution is 2.17. The number of halogens is 4. The third-order valence-corrected chi connectivity index (χ3v) is 3.09. The second kappa shape index (κ2) is 19.3. The number of carbonyl (C=O) groups is 1. The monoisotopic (exact) mass is 401 g/mol. The van der Waals surface area contributed by atoms with Gasteiger partial charge in [0.25, 0.3) is 0 Å². The fraction of sp³-hybridized carbons (Fsp3) is 0.706. The van der Waals surface area contributed by atoms with Gasteiger partial charge in [0.2, 0.25) is 0 Å². The number of allylic oxidation sites excluding steroid dienone is 2. The quantitative estimate of drug-likeness (QED) is 0.258. The normalized spacial score (nSPS) is 9.70. The Morgan fingerprint density at radius 1 is 1.04 bits per heavy atom. The van der Waals surface area contributed by atoms with Crippen molar-refractivity contribution in [2.45, 2.75) is 58.5 Å². The number of hydrogen-bond donors (Lipinski definition) is 0. The first-order valence-corrected chi connectivity index (χ1v) is 9.03. The van der Waals surface area contributed by atoms with Crippen LogP contribution < -0.4 is 0 Å². The van der Waals surface area contributed by atoms with Gasteiger partial charge in [0.15, 0.2) is 0 Å². The van der Waals surface area contributed by atoms with E-state index in [-0.39, 0.29) is 6.54 Å². The summed E-state index contributed by atoms with van der Waals surface area (Å²) < 4.78 is 35.6. The number of alkyl halides is 4. The van der Waals surface area contributed by atoms with Gasteiger partial charge in [0.1, 0.15) is 0 Å². The highest BCUT2D eigenvalue weighted by Gasteiger charge is 2.40. The highest BCUT2D eigenvalue weighted by molar-refractivity contribution is 9.09. The zero-order valence-electron chi connectivity index (χ0n) is 14.6. The van der Waals surface area contributed by atoms with E-state index in [0.717, 1.165) is 31.6 Å². The molecule has 0 atom stereocenters. The molecular formula is C17H31BrF3NO. The Balaban J connectivity index is -0.000000373. The van der Waals surface area contributed by atoms with E-state index in [0.29, 0.717) is 11.3 Å². The standard InChI is InChI=1S/C9H14F3NO.C6H11Br.C2H6/c1-3-4-5-6-7-13(2)8(14)9(10,11)12;1-2-3-4-5-6-7;1-2/h3H,1,4-7H2,2H3;2H,1,3-6H2;1-2H3. The fourth-order valence-corrected chi connectivity index (χ4v) is 1.74. The van der Waals surface area contributed by atoms with E-state index in [9.17, 15) is 18.0 Å². The molecule has 0 bridgehead atoms. The summed E-state index contributed by atoms with van der Waals surface area (Å²) in [5, 5.41) is 1.13. The summed E-state index contributed by atoms with van der Waals surface area (Å²) >= 11 is 3.35. The van der Waals surface area contributed by atoms with Gasteiger partial charge in [0.05, 0.1) is 0 Å². The molecule has 0 aliphatic heterocycles. The molecule has 1 amide bonds. The lowest BCUT2D eigenvalue weighted by Gasteiger charge is -2.18. The smallest absolute Gasteiger partial charge is 0.338 e. The van der Waals surface area contributed by atoms with Crippen LogP contribution in [0.25, 0.3) is 0 Å². The van der Waals surface area contributed by atoms with Crippen molar-refractivity contribution in [2.24, 2.45) is 0 Å². The van der Waals surface area contributed by atoms with Crippen molar-refractivity contribution in [2.75, 3.05) is 18.9 Å². The lowest BCUT2D eigenvalue weighted by molar-refractivity contribution is -0.184. The molecule has 2 nitrogen and oxygen atoms in total. The van der Waals surface area contributed by atoms with Gasteiger partial charge < -0.3 is 4.90 Å². The zero-order valence-corrected chi connectivity index (χ0v) is 16.2. The molecule has 0 heterocycles. The van der Waals surface area contributed by atoms with Crippen molar-refractivity contribution in [3.8, 4) is 0 Å². The van der Waals surface area contributed by atoms with E-state index >= 15 is 0 Å². The van der Waals surface area contributed by atoms with Crippen molar-refractivity contribution in [1.82, 2.24) is 4.90 Å². The molecule has 6 heteroatoms. The maximum absolute atomic E-state index is 11.9. The van der Waals surface area contributed by atoms with Crippen LogP contribution in [0.4, 0.5) is 13.2 Å². The lowest BCUT2D eigenvalue weighted by atomic mass is 10.2. The third kappa shape index (κ3) is 21.2. The second-order valence-corrected chi connectivity index (χ2v) is 5.28. The van der Waals surface area contributed by atoms with E-state index in [4.69, 9.17) is 0 Å². The fourth-order valence-electron chi connectivity index (χ4n) is 1.34. The van der Waals surface area contributed by atoms with E-state index in [1.165, 1.54) is 12.8 Å². The summed E-state index contributed by atoms with van der Waals surface area (Å²) in [5.74, 6) is -1.78. The minimum Gasteiger partial charge on any atom is -0.338 e. The van der Waals surface area contributed by atoms with Crippen molar-refractivity contribution in [1.29, 1.82) is 0 Å². The Kier molecular flexibility index (Phi) is 22.7. The lowest BCUT2D eigenvalue weighted by Crippen LogP contribution is -2.38. The molecular weight excluding hydrogens is 371 g/mol. The van der Waals surface area contributed by atoms with Gasteiger partial charge in [-0.05, 0) is 38.5 Å². The van der Waals surface area contributed by atoms with Crippen LogP contribution in [-0.4, -0.2) is 35.9 Å². The van der Waals surface area contributed by atoms with Crippen molar-refractivity contribution in [3.63, 3.8) is 0 Å². The van der Waals surface area contributed by atoms with Crippen LogP contribution in [0.5, 0.6) is 0 Å². The Bertz CT molecular complexity index is 294. The van der Waals surface area contributed by atoms with Crippen LogP contribution in [0.3, 0.4) is 0 Å². The predicted molar refractivity (Wildman–Crippen MR) is 96.9 cm³/mol. The molecule has 0 aliphatic rings. The minimum absolute atomic E-state index is 0.131. The first kappa shape index (κ1) is 27.1. The van der Waals surface area contributed by atoms with Gasteiger partial charge in [-0.25, -0.2) is 0 Å². The van der Waals surface area contributed by atoms with Crippen LogP contribution in [0, 0.1) is 0 Å². The first-order valence-electron chi connectivity index (χ1n) is 7.91. The zero-order chi connectivity index (χ0) is 18.7. The van der Waals surface area contributed by atoms with Gasteiger partial charge in [-0.3, -0.25) is 4.79 Å². The second-order valence-electron chi connectivity index (χ2n) is 4.48. The number of rotatable bonds is 9. The topological polar surface area (TPSA) is 20.3 Å². The van der Waals surface area contributed by atoms with Crippen molar-refractivity contribution < 1.29 is 18.0 Å². The molecule has 0 aromatic carbocycles. The van der Waals surface area contributed by atoms with E-state index in [1.807, 2.05) is 19.9 Å². The molecule has 0 unspecified atom stereocenters. The number of amides is 1. The Hall–Kier alpha value is -0.780. The van der Waals surface area contributed by atoms with Crippen LogP contribution in [-0.2, 0) is 4.79 Å². The molecule has 0 spiro atoms. The molecule has 0 aromatic heterocycles. The van der Waals surface area contributed by atoms with E-state index < -0.39 is 12.1 Å². The first-order chi connectivity index (χ1) is 10.8.